The first kappa shape index (κ1) is 14.9. The van der Waals surface area contributed by atoms with Gasteiger partial charge in [-0.2, -0.15) is 0 Å². The summed E-state index contributed by atoms with van der Waals surface area (Å²) < 4.78 is 0. The van der Waals surface area contributed by atoms with Crippen LogP contribution in [0.5, 0.6) is 0 Å². The van der Waals surface area contributed by atoms with Crippen molar-refractivity contribution in [2.75, 3.05) is 0 Å². The third-order valence-corrected chi connectivity index (χ3v) is 3.21. The molecular formula is C13H9ClN2O5. The molecule has 0 bridgehead atoms. The lowest BCUT2D eigenvalue weighted by atomic mass is 10.0. The summed E-state index contributed by atoms with van der Waals surface area (Å²) in [7, 11) is 0. The maximum atomic E-state index is 11.1. The molecule has 0 fully saturated rings. The fourth-order valence-electron chi connectivity index (χ4n) is 1.86. The van der Waals surface area contributed by atoms with Crippen LogP contribution < -0.4 is 0 Å². The Morgan fingerprint density at radius 3 is 2.05 bits per heavy atom. The molecule has 0 aliphatic rings. The van der Waals surface area contributed by atoms with Crippen LogP contribution in [0.25, 0.3) is 11.1 Å². The summed E-state index contributed by atoms with van der Waals surface area (Å²) in [4.78, 5) is 20.4. The zero-order valence-electron chi connectivity index (χ0n) is 10.5. The molecule has 1 N–H and O–H groups in total. The first-order valence-corrected chi connectivity index (χ1v) is 6.14. The van der Waals surface area contributed by atoms with Crippen LogP contribution in [0.3, 0.4) is 0 Å². The molecule has 2 aromatic carbocycles. The maximum Gasteiger partial charge on any atom is 0.294 e. The number of hydrogen-bond acceptors (Lipinski definition) is 5. The fourth-order valence-corrected chi connectivity index (χ4v) is 2.10. The summed E-state index contributed by atoms with van der Waals surface area (Å²) in [6.45, 7) is -0.149. The van der Waals surface area contributed by atoms with Gasteiger partial charge in [0.15, 0.2) is 0 Å². The Labute approximate surface area is 123 Å². The van der Waals surface area contributed by atoms with Crippen molar-refractivity contribution in [3.05, 3.63) is 67.2 Å². The molecule has 0 spiro atoms. The minimum atomic E-state index is -0.770. The molecule has 21 heavy (non-hydrogen) atoms. The predicted octanol–water partition coefficient (Wildman–Crippen LogP) is 3.32. The minimum absolute atomic E-state index is 0.149. The van der Waals surface area contributed by atoms with Gasteiger partial charge in [0.25, 0.3) is 11.4 Å². The van der Waals surface area contributed by atoms with E-state index >= 15 is 0 Å². The van der Waals surface area contributed by atoms with E-state index in [9.17, 15) is 20.2 Å². The highest BCUT2D eigenvalue weighted by Crippen LogP contribution is 2.38. The van der Waals surface area contributed by atoms with Gasteiger partial charge in [-0.1, -0.05) is 35.9 Å². The molecule has 2 rings (SSSR count). The van der Waals surface area contributed by atoms with Gasteiger partial charge in [0.1, 0.15) is 5.02 Å². The molecule has 0 amide bonds. The molecule has 0 aliphatic heterocycles. The highest BCUT2D eigenvalue weighted by atomic mass is 35.5. The van der Waals surface area contributed by atoms with E-state index in [0.29, 0.717) is 11.1 Å². The topological polar surface area (TPSA) is 107 Å². The Balaban J connectivity index is 2.63. The second-order valence-electron chi connectivity index (χ2n) is 4.19. The molecule has 0 atom stereocenters. The second-order valence-corrected chi connectivity index (χ2v) is 4.60. The lowest BCUT2D eigenvalue weighted by Gasteiger charge is -2.05. The number of benzene rings is 2. The Kier molecular flexibility index (Phi) is 4.15. The monoisotopic (exact) mass is 308 g/mol. The zero-order valence-corrected chi connectivity index (χ0v) is 11.3. The summed E-state index contributed by atoms with van der Waals surface area (Å²) >= 11 is 5.81. The number of rotatable bonds is 4. The van der Waals surface area contributed by atoms with Crippen LogP contribution in [0, 0.1) is 20.2 Å². The average Bonchev–Trinajstić information content (AvgIpc) is 2.46. The van der Waals surface area contributed by atoms with Crippen LogP contribution in [0.1, 0.15) is 5.56 Å². The van der Waals surface area contributed by atoms with Gasteiger partial charge in [0.2, 0.25) is 0 Å². The molecule has 7 nitrogen and oxygen atoms in total. The highest BCUT2D eigenvalue weighted by molar-refractivity contribution is 6.33. The molecule has 0 unspecified atom stereocenters. The van der Waals surface area contributed by atoms with Crippen molar-refractivity contribution in [1.29, 1.82) is 0 Å². The maximum absolute atomic E-state index is 11.1. The minimum Gasteiger partial charge on any atom is -0.392 e. The first-order chi connectivity index (χ1) is 9.93. The molecule has 0 aromatic heterocycles. The summed E-state index contributed by atoms with van der Waals surface area (Å²) in [6.07, 6.45) is 0. The van der Waals surface area contributed by atoms with Gasteiger partial charge in [-0.15, -0.1) is 0 Å². The third-order valence-electron chi connectivity index (χ3n) is 2.91. The van der Waals surface area contributed by atoms with Gasteiger partial charge in [-0.25, -0.2) is 0 Å². The van der Waals surface area contributed by atoms with E-state index in [2.05, 4.69) is 0 Å². The van der Waals surface area contributed by atoms with E-state index in [1.807, 2.05) is 0 Å². The van der Waals surface area contributed by atoms with Crippen molar-refractivity contribution in [3.8, 4) is 11.1 Å². The van der Waals surface area contributed by atoms with Gasteiger partial charge in [0, 0.05) is 0 Å². The number of nitrogens with zero attached hydrogens (tertiary/aromatic N) is 2. The molecule has 0 aliphatic carbocycles. The predicted molar refractivity (Wildman–Crippen MR) is 76.1 cm³/mol. The number of halogens is 1. The van der Waals surface area contributed by atoms with Crippen LogP contribution in [-0.2, 0) is 6.61 Å². The van der Waals surface area contributed by atoms with Gasteiger partial charge in [-0.05, 0) is 17.2 Å². The summed E-state index contributed by atoms with van der Waals surface area (Å²) in [5, 5.41) is 30.7. The van der Waals surface area contributed by atoms with E-state index in [0.717, 1.165) is 6.07 Å². The van der Waals surface area contributed by atoms with Gasteiger partial charge in [0.05, 0.1) is 28.1 Å². The van der Waals surface area contributed by atoms with Crippen molar-refractivity contribution in [3.63, 3.8) is 0 Å². The number of nitro groups is 2. The van der Waals surface area contributed by atoms with E-state index < -0.39 is 21.2 Å². The molecule has 2 aromatic rings. The molecule has 8 heteroatoms. The normalized spacial score (nSPS) is 10.4. The van der Waals surface area contributed by atoms with Crippen molar-refractivity contribution in [1.82, 2.24) is 0 Å². The zero-order chi connectivity index (χ0) is 15.6. The quantitative estimate of drug-likeness (QED) is 0.688. The molecule has 0 saturated carbocycles. The molecular weight excluding hydrogens is 300 g/mol. The smallest absolute Gasteiger partial charge is 0.294 e. The van der Waals surface area contributed by atoms with Crippen LogP contribution >= 0.6 is 11.6 Å². The number of hydrogen-bond donors (Lipinski definition) is 1. The number of aliphatic hydroxyl groups is 1. The molecule has 0 radical (unpaired) electrons. The standard InChI is InChI=1S/C13H9ClN2O5/c14-11-5-10(9-3-1-8(7-17)2-4-9)12(15(18)19)6-13(11)16(20)21/h1-6,17H,7H2. The lowest BCUT2D eigenvalue weighted by Crippen LogP contribution is -1.96. The Morgan fingerprint density at radius 2 is 1.57 bits per heavy atom. The molecule has 108 valence electrons. The largest absolute Gasteiger partial charge is 0.392 e. The van der Waals surface area contributed by atoms with Crippen molar-refractivity contribution >= 4 is 23.0 Å². The van der Waals surface area contributed by atoms with Gasteiger partial charge in [-0.3, -0.25) is 20.2 Å². The lowest BCUT2D eigenvalue weighted by molar-refractivity contribution is -0.393. The Hall–Kier alpha value is -2.51. The highest BCUT2D eigenvalue weighted by Gasteiger charge is 2.24. The van der Waals surface area contributed by atoms with Gasteiger partial charge >= 0.3 is 0 Å². The second kappa shape index (κ2) is 5.86. The average molecular weight is 309 g/mol. The molecule has 0 heterocycles. The van der Waals surface area contributed by atoms with Crippen molar-refractivity contribution < 1.29 is 15.0 Å². The van der Waals surface area contributed by atoms with E-state index in [4.69, 9.17) is 16.7 Å². The van der Waals surface area contributed by atoms with Crippen molar-refractivity contribution in [2.24, 2.45) is 0 Å². The number of nitro benzene ring substituents is 2. The van der Waals surface area contributed by atoms with Crippen LogP contribution in [-0.4, -0.2) is 15.0 Å². The van der Waals surface area contributed by atoms with E-state index in [1.165, 1.54) is 6.07 Å². The summed E-state index contributed by atoms with van der Waals surface area (Å²) in [5.41, 5.74) is 0.396. The first-order valence-electron chi connectivity index (χ1n) is 5.76. The van der Waals surface area contributed by atoms with E-state index in [-0.39, 0.29) is 17.2 Å². The summed E-state index contributed by atoms with van der Waals surface area (Å²) in [5.74, 6) is 0. The van der Waals surface area contributed by atoms with Crippen LogP contribution in [0.15, 0.2) is 36.4 Å². The SMILES string of the molecule is O=[N+]([O-])c1cc([N+](=O)[O-])c(-c2ccc(CO)cc2)cc1Cl. The summed E-state index contributed by atoms with van der Waals surface area (Å²) in [6, 6.07) is 8.41. The van der Waals surface area contributed by atoms with Crippen LogP contribution in [0.4, 0.5) is 11.4 Å². The third kappa shape index (κ3) is 2.99. The Bertz CT molecular complexity index is 715. The van der Waals surface area contributed by atoms with Crippen molar-refractivity contribution in [2.45, 2.75) is 6.61 Å². The van der Waals surface area contributed by atoms with Crippen LogP contribution in [0.2, 0.25) is 5.02 Å². The number of aliphatic hydroxyl groups excluding tert-OH is 1. The van der Waals surface area contributed by atoms with Gasteiger partial charge < -0.3 is 5.11 Å². The Morgan fingerprint density at radius 1 is 1.00 bits per heavy atom. The van der Waals surface area contributed by atoms with E-state index in [1.54, 1.807) is 24.3 Å². The molecule has 0 saturated heterocycles. The fraction of sp³-hybridized carbons (Fsp3) is 0.0769.